The molecule has 2 nitrogen and oxygen atoms in total. The van der Waals surface area contributed by atoms with Gasteiger partial charge in [-0.2, -0.15) is 0 Å². The van der Waals surface area contributed by atoms with Crippen molar-refractivity contribution >= 4 is 33.4 Å². The molecule has 0 aliphatic heterocycles. The molecule has 0 bridgehead atoms. The molecule has 0 atom stereocenters. The first kappa shape index (κ1) is 15.1. The lowest BCUT2D eigenvalue weighted by molar-refractivity contribution is 0.0951. The highest BCUT2D eigenvalue weighted by atomic mass is 79.9. The fraction of sp³-hybridized carbons (Fsp3) is 0.188. The molecular weight excluding hydrogens is 338 g/mol. The molecule has 0 unspecified atom stereocenters. The maximum Gasteiger partial charge on any atom is 0.251 e. The van der Waals surface area contributed by atoms with Gasteiger partial charge in [0.25, 0.3) is 5.91 Å². The second-order valence-corrected chi connectivity index (χ2v) is 5.82. The van der Waals surface area contributed by atoms with E-state index in [9.17, 15) is 4.79 Å². The van der Waals surface area contributed by atoms with Crippen LogP contribution in [0.4, 0.5) is 0 Å². The van der Waals surface area contributed by atoms with Crippen molar-refractivity contribution < 1.29 is 4.79 Å². The van der Waals surface area contributed by atoms with Crippen LogP contribution in [-0.2, 0) is 13.0 Å². The van der Waals surface area contributed by atoms with Crippen molar-refractivity contribution in [2.75, 3.05) is 0 Å². The Morgan fingerprint density at radius 3 is 2.55 bits per heavy atom. The number of benzene rings is 2. The van der Waals surface area contributed by atoms with Crippen LogP contribution in [0, 0.1) is 0 Å². The molecule has 0 aliphatic rings. The van der Waals surface area contributed by atoms with Crippen molar-refractivity contribution in [1.82, 2.24) is 5.32 Å². The highest BCUT2D eigenvalue weighted by Gasteiger charge is 2.08. The van der Waals surface area contributed by atoms with Gasteiger partial charge in [-0.1, -0.05) is 58.7 Å². The van der Waals surface area contributed by atoms with Gasteiger partial charge in [-0.25, -0.2) is 0 Å². The Kier molecular flexibility index (Phi) is 5.21. The Labute approximate surface area is 132 Å². The number of hydrogen-bond donors (Lipinski definition) is 1. The summed E-state index contributed by atoms with van der Waals surface area (Å²) >= 11 is 9.28. The molecule has 0 radical (unpaired) electrons. The molecule has 1 N–H and O–H groups in total. The zero-order valence-corrected chi connectivity index (χ0v) is 13.5. The van der Waals surface area contributed by atoms with Gasteiger partial charge in [0, 0.05) is 21.6 Å². The summed E-state index contributed by atoms with van der Waals surface area (Å²) in [5, 5.41) is 3.47. The van der Waals surface area contributed by atoms with Gasteiger partial charge in [-0.3, -0.25) is 4.79 Å². The van der Waals surface area contributed by atoms with Crippen LogP contribution in [0.15, 0.2) is 46.9 Å². The molecule has 2 aromatic carbocycles. The van der Waals surface area contributed by atoms with E-state index in [1.54, 1.807) is 18.2 Å². The van der Waals surface area contributed by atoms with Crippen LogP contribution >= 0.6 is 27.5 Å². The van der Waals surface area contributed by atoms with E-state index in [0.29, 0.717) is 17.1 Å². The van der Waals surface area contributed by atoms with Crippen LogP contribution in [0.5, 0.6) is 0 Å². The standard InChI is InChI=1S/C16H15BrClNO/c1-2-11-5-3-4-6-12(11)10-19-16(20)13-7-14(17)9-15(18)8-13/h3-9H,2,10H2,1H3,(H,19,20). The highest BCUT2D eigenvalue weighted by molar-refractivity contribution is 9.10. The molecule has 0 aliphatic carbocycles. The molecule has 0 fully saturated rings. The SMILES string of the molecule is CCc1ccccc1CNC(=O)c1cc(Cl)cc(Br)c1. The summed E-state index contributed by atoms with van der Waals surface area (Å²) in [4.78, 5) is 12.1. The van der Waals surface area contributed by atoms with Crippen molar-refractivity contribution in [3.05, 3.63) is 68.7 Å². The molecule has 2 aromatic rings. The van der Waals surface area contributed by atoms with Gasteiger partial charge in [0.05, 0.1) is 0 Å². The van der Waals surface area contributed by atoms with Gasteiger partial charge in [-0.05, 0) is 35.7 Å². The minimum Gasteiger partial charge on any atom is -0.348 e. The minimum atomic E-state index is -0.126. The number of halogens is 2. The number of nitrogens with one attached hydrogen (secondary N) is 1. The van der Waals surface area contributed by atoms with Crippen LogP contribution in [0.1, 0.15) is 28.4 Å². The Balaban J connectivity index is 2.08. The highest BCUT2D eigenvalue weighted by Crippen LogP contribution is 2.19. The molecule has 0 aromatic heterocycles. The summed E-state index contributed by atoms with van der Waals surface area (Å²) in [6.45, 7) is 2.63. The third-order valence-electron chi connectivity index (χ3n) is 3.06. The van der Waals surface area contributed by atoms with E-state index in [4.69, 9.17) is 11.6 Å². The summed E-state index contributed by atoms with van der Waals surface area (Å²) in [5.74, 6) is -0.126. The van der Waals surface area contributed by atoms with Gasteiger partial charge >= 0.3 is 0 Å². The maximum atomic E-state index is 12.1. The fourth-order valence-corrected chi connectivity index (χ4v) is 2.90. The molecule has 20 heavy (non-hydrogen) atoms. The van der Waals surface area contributed by atoms with Gasteiger partial charge < -0.3 is 5.32 Å². The van der Waals surface area contributed by atoms with Crippen molar-refractivity contribution in [3.8, 4) is 0 Å². The predicted molar refractivity (Wildman–Crippen MR) is 86.1 cm³/mol. The first-order valence-electron chi connectivity index (χ1n) is 6.41. The van der Waals surface area contributed by atoms with E-state index in [1.807, 2.05) is 18.2 Å². The molecule has 2 rings (SSSR count). The zero-order valence-electron chi connectivity index (χ0n) is 11.1. The van der Waals surface area contributed by atoms with Gasteiger partial charge in [0.1, 0.15) is 0 Å². The van der Waals surface area contributed by atoms with E-state index in [2.05, 4.69) is 34.2 Å². The number of hydrogen-bond acceptors (Lipinski definition) is 1. The second-order valence-electron chi connectivity index (χ2n) is 4.46. The van der Waals surface area contributed by atoms with E-state index < -0.39 is 0 Å². The molecule has 0 saturated heterocycles. The molecule has 4 heteroatoms. The maximum absolute atomic E-state index is 12.1. The summed E-state index contributed by atoms with van der Waals surface area (Å²) in [5.41, 5.74) is 2.95. The minimum absolute atomic E-state index is 0.126. The summed E-state index contributed by atoms with van der Waals surface area (Å²) in [6, 6.07) is 13.3. The molecule has 104 valence electrons. The molecule has 1 amide bonds. The Morgan fingerprint density at radius 2 is 1.90 bits per heavy atom. The second kappa shape index (κ2) is 6.91. The van der Waals surface area contributed by atoms with Crippen LogP contribution in [0.3, 0.4) is 0 Å². The van der Waals surface area contributed by atoms with E-state index >= 15 is 0 Å². The van der Waals surface area contributed by atoms with Crippen LogP contribution in [0.2, 0.25) is 5.02 Å². The van der Waals surface area contributed by atoms with Gasteiger partial charge in [0.2, 0.25) is 0 Å². The summed E-state index contributed by atoms with van der Waals surface area (Å²) in [7, 11) is 0. The number of amides is 1. The molecular formula is C16H15BrClNO. The molecule has 0 spiro atoms. The lowest BCUT2D eigenvalue weighted by atomic mass is 10.1. The lowest BCUT2D eigenvalue weighted by Crippen LogP contribution is -2.23. The lowest BCUT2D eigenvalue weighted by Gasteiger charge is -2.09. The van der Waals surface area contributed by atoms with Crippen molar-refractivity contribution in [2.45, 2.75) is 19.9 Å². The molecule has 0 heterocycles. The fourth-order valence-electron chi connectivity index (χ4n) is 2.04. The predicted octanol–water partition coefficient (Wildman–Crippen LogP) is 4.59. The number of carbonyl (C=O) groups is 1. The molecule has 0 saturated carbocycles. The average Bonchev–Trinajstić information content (AvgIpc) is 2.44. The largest absolute Gasteiger partial charge is 0.348 e. The average molecular weight is 353 g/mol. The third kappa shape index (κ3) is 3.84. The smallest absolute Gasteiger partial charge is 0.251 e. The van der Waals surface area contributed by atoms with Crippen LogP contribution in [0.25, 0.3) is 0 Å². The number of rotatable bonds is 4. The third-order valence-corrected chi connectivity index (χ3v) is 3.74. The number of aryl methyl sites for hydroxylation is 1. The van der Waals surface area contributed by atoms with Crippen molar-refractivity contribution in [2.24, 2.45) is 0 Å². The van der Waals surface area contributed by atoms with Gasteiger partial charge in [-0.15, -0.1) is 0 Å². The monoisotopic (exact) mass is 351 g/mol. The Morgan fingerprint density at radius 1 is 1.20 bits per heavy atom. The van der Waals surface area contributed by atoms with Gasteiger partial charge in [0.15, 0.2) is 0 Å². The quantitative estimate of drug-likeness (QED) is 0.856. The van der Waals surface area contributed by atoms with Crippen LogP contribution < -0.4 is 5.32 Å². The van der Waals surface area contributed by atoms with Crippen LogP contribution in [-0.4, -0.2) is 5.91 Å². The van der Waals surface area contributed by atoms with Crippen molar-refractivity contribution in [3.63, 3.8) is 0 Å². The summed E-state index contributed by atoms with van der Waals surface area (Å²) in [6.07, 6.45) is 0.953. The Hall–Kier alpha value is -1.32. The van der Waals surface area contributed by atoms with Crippen molar-refractivity contribution in [1.29, 1.82) is 0 Å². The van der Waals surface area contributed by atoms with E-state index in [-0.39, 0.29) is 5.91 Å². The zero-order chi connectivity index (χ0) is 14.5. The topological polar surface area (TPSA) is 29.1 Å². The summed E-state index contributed by atoms with van der Waals surface area (Å²) < 4.78 is 0.795. The Bertz CT molecular complexity index is 607. The normalized spacial score (nSPS) is 10.3. The van der Waals surface area contributed by atoms with E-state index in [1.165, 1.54) is 5.56 Å². The first-order valence-corrected chi connectivity index (χ1v) is 7.58. The van der Waals surface area contributed by atoms with E-state index in [0.717, 1.165) is 16.5 Å². The first-order chi connectivity index (χ1) is 9.60. The number of carbonyl (C=O) groups excluding carboxylic acids is 1.